The predicted molar refractivity (Wildman–Crippen MR) is 81.3 cm³/mol. The number of hydrogen-bond donors (Lipinski definition) is 0. The van der Waals surface area contributed by atoms with Crippen LogP contribution in [0.2, 0.25) is 0 Å². The summed E-state index contributed by atoms with van der Waals surface area (Å²) >= 11 is 6.01. The van der Waals surface area contributed by atoms with Gasteiger partial charge in [0, 0.05) is 7.05 Å². The van der Waals surface area contributed by atoms with Crippen LogP contribution in [0.5, 0.6) is 0 Å². The lowest BCUT2D eigenvalue weighted by Crippen LogP contribution is -2.06. The normalized spacial score (nSPS) is 11.4. The van der Waals surface area contributed by atoms with Crippen molar-refractivity contribution in [1.29, 1.82) is 0 Å². The third-order valence-electron chi connectivity index (χ3n) is 3.47. The third-order valence-corrected chi connectivity index (χ3v) is 3.71. The fraction of sp³-hybridized carbons (Fsp3) is 0.333. The van der Waals surface area contributed by atoms with Crippen LogP contribution in [0.3, 0.4) is 0 Å². The number of imidazole rings is 1. The molecule has 0 saturated carbocycles. The Morgan fingerprint density at radius 2 is 2.05 bits per heavy atom. The minimum Gasteiger partial charge on any atom is -0.277 e. The van der Waals surface area contributed by atoms with Crippen molar-refractivity contribution >= 4 is 22.8 Å². The first-order valence-electron chi connectivity index (χ1n) is 6.91. The fourth-order valence-electron chi connectivity index (χ4n) is 2.61. The number of alkyl halides is 1. The summed E-state index contributed by atoms with van der Waals surface area (Å²) < 4.78 is 17.7. The highest BCUT2D eigenvalue weighted by Gasteiger charge is 2.20. The second-order valence-corrected chi connectivity index (χ2v) is 5.21. The molecule has 0 spiro atoms. The smallest absolute Gasteiger partial charge is 0.163 e. The van der Waals surface area contributed by atoms with Crippen molar-refractivity contribution in [1.82, 2.24) is 19.3 Å². The summed E-state index contributed by atoms with van der Waals surface area (Å²) in [5.41, 5.74) is 2.95. The Kier molecular flexibility index (Phi) is 3.68. The number of hydrogen-bond acceptors (Lipinski definition) is 2. The van der Waals surface area contributed by atoms with Crippen molar-refractivity contribution in [3.63, 3.8) is 0 Å². The quantitative estimate of drug-likeness (QED) is 0.691. The molecule has 0 radical (unpaired) electrons. The number of aryl methyl sites for hydroxylation is 2. The average Bonchev–Trinajstić information content (AvgIpc) is 2.99. The maximum Gasteiger partial charge on any atom is 0.163 e. The van der Waals surface area contributed by atoms with Crippen LogP contribution in [0.25, 0.3) is 16.9 Å². The van der Waals surface area contributed by atoms with Crippen LogP contribution >= 0.6 is 11.6 Å². The first kappa shape index (κ1) is 14.1. The average molecular weight is 307 g/mol. The molecule has 3 rings (SSSR count). The van der Waals surface area contributed by atoms with E-state index in [0.717, 1.165) is 29.7 Å². The van der Waals surface area contributed by atoms with Gasteiger partial charge in [0.25, 0.3) is 0 Å². The third kappa shape index (κ3) is 2.21. The molecule has 0 N–H and O–H groups in total. The second kappa shape index (κ2) is 5.48. The first-order valence-corrected chi connectivity index (χ1v) is 7.44. The lowest BCUT2D eigenvalue weighted by Gasteiger charge is -2.09. The summed E-state index contributed by atoms with van der Waals surface area (Å²) in [5, 5.41) is 4.50. The molecule has 0 unspecified atom stereocenters. The molecule has 0 saturated heterocycles. The van der Waals surface area contributed by atoms with Gasteiger partial charge in [-0.3, -0.25) is 4.57 Å². The minimum absolute atomic E-state index is 0.217. The van der Waals surface area contributed by atoms with Crippen LogP contribution < -0.4 is 0 Å². The van der Waals surface area contributed by atoms with Crippen LogP contribution in [-0.4, -0.2) is 19.3 Å². The topological polar surface area (TPSA) is 35.6 Å². The van der Waals surface area contributed by atoms with Crippen LogP contribution in [0.1, 0.15) is 24.9 Å². The first-order chi connectivity index (χ1) is 10.2. The SMILES string of the molecule is CCCc1nn(C)c2c1nc(CCl)n2-c1ccccc1F. The van der Waals surface area contributed by atoms with Crippen molar-refractivity contribution in [2.75, 3.05) is 0 Å². The summed E-state index contributed by atoms with van der Waals surface area (Å²) in [4.78, 5) is 4.57. The maximum absolute atomic E-state index is 14.2. The van der Waals surface area contributed by atoms with Crippen LogP contribution in [0, 0.1) is 5.82 Å². The van der Waals surface area contributed by atoms with Gasteiger partial charge in [0.2, 0.25) is 0 Å². The van der Waals surface area contributed by atoms with Gasteiger partial charge >= 0.3 is 0 Å². The Morgan fingerprint density at radius 3 is 2.71 bits per heavy atom. The molecule has 0 atom stereocenters. The Hall–Kier alpha value is -1.88. The maximum atomic E-state index is 14.2. The summed E-state index contributed by atoms with van der Waals surface area (Å²) in [6, 6.07) is 6.62. The highest BCUT2D eigenvalue weighted by molar-refractivity contribution is 6.17. The zero-order chi connectivity index (χ0) is 15.0. The molecular formula is C15H16ClFN4. The molecule has 0 aliphatic carbocycles. The Morgan fingerprint density at radius 1 is 1.29 bits per heavy atom. The number of para-hydroxylation sites is 1. The van der Waals surface area contributed by atoms with Gasteiger partial charge in [-0.2, -0.15) is 5.10 Å². The molecule has 110 valence electrons. The molecule has 0 bridgehead atoms. The van der Waals surface area contributed by atoms with Gasteiger partial charge < -0.3 is 0 Å². The largest absolute Gasteiger partial charge is 0.277 e. The van der Waals surface area contributed by atoms with Crippen LogP contribution in [-0.2, 0) is 19.3 Å². The van der Waals surface area contributed by atoms with E-state index < -0.39 is 0 Å². The molecule has 0 amide bonds. The summed E-state index contributed by atoms with van der Waals surface area (Å²) in [6.45, 7) is 2.09. The van der Waals surface area contributed by atoms with E-state index in [4.69, 9.17) is 11.6 Å². The number of halogens is 2. The van der Waals surface area contributed by atoms with Crippen molar-refractivity contribution in [3.05, 3.63) is 41.6 Å². The summed E-state index contributed by atoms with van der Waals surface area (Å²) in [5.74, 6) is 0.540. The molecular weight excluding hydrogens is 291 g/mol. The summed E-state index contributed by atoms with van der Waals surface area (Å²) in [7, 11) is 1.85. The van der Waals surface area contributed by atoms with Gasteiger partial charge in [-0.05, 0) is 18.6 Å². The monoisotopic (exact) mass is 306 g/mol. The molecule has 2 heterocycles. The number of benzene rings is 1. The van der Waals surface area contributed by atoms with Crippen molar-refractivity contribution < 1.29 is 4.39 Å². The summed E-state index contributed by atoms with van der Waals surface area (Å²) in [6.07, 6.45) is 1.82. The van der Waals surface area contributed by atoms with E-state index in [1.54, 1.807) is 27.4 Å². The molecule has 0 aliphatic heterocycles. The van der Waals surface area contributed by atoms with E-state index >= 15 is 0 Å². The van der Waals surface area contributed by atoms with Gasteiger partial charge in [-0.25, -0.2) is 14.1 Å². The number of nitrogens with zero attached hydrogens (tertiary/aromatic N) is 4. The zero-order valence-corrected chi connectivity index (χ0v) is 12.7. The molecule has 6 heteroatoms. The molecule has 21 heavy (non-hydrogen) atoms. The zero-order valence-electron chi connectivity index (χ0n) is 12.0. The van der Waals surface area contributed by atoms with E-state index in [-0.39, 0.29) is 11.7 Å². The van der Waals surface area contributed by atoms with E-state index in [9.17, 15) is 4.39 Å². The Bertz CT molecular complexity index is 790. The van der Waals surface area contributed by atoms with Crippen LogP contribution in [0.4, 0.5) is 4.39 Å². The standard InChI is InChI=1S/C15H16ClFN4/c1-3-6-11-14-15(20(2)19-11)21(13(9-16)18-14)12-8-5-4-7-10(12)17/h4-5,7-8H,3,6,9H2,1-2H3. The highest BCUT2D eigenvalue weighted by Crippen LogP contribution is 2.26. The van der Waals surface area contributed by atoms with Crippen molar-refractivity contribution in [2.45, 2.75) is 25.6 Å². The fourth-order valence-corrected chi connectivity index (χ4v) is 2.78. The van der Waals surface area contributed by atoms with Gasteiger partial charge in [0.15, 0.2) is 5.65 Å². The lowest BCUT2D eigenvalue weighted by molar-refractivity contribution is 0.615. The second-order valence-electron chi connectivity index (χ2n) is 4.94. The predicted octanol–water partition coefficient (Wildman–Crippen LogP) is 3.59. The van der Waals surface area contributed by atoms with Crippen molar-refractivity contribution in [3.8, 4) is 5.69 Å². The Balaban J connectivity index is 2.33. The number of fused-ring (bicyclic) bond motifs is 1. The molecule has 1 aromatic carbocycles. The Labute approximate surface area is 127 Å². The number of aromatic nitrogens is 4. The molecule has 3 aromatic rings. The van der Waals surface area contributed by atoms with Gasteiger partial charge in [0.1, 0.15) is 17.2 Å². The van der Waals surface area contributed by atoms with Crippen LogP contribution in [0.15, 0.2) is 24.3 Å². The van der Waals surface area contributed by atoms with Gasteiger partial charge in [-0.1, -0.05) is 25.5 Å². The van der Waals surface area contributed by atoms with E-state index in [0.29, 0.717) is 11.5 Å². The van der Waals surface area contributed by atoms with E-state index in [1.807, 2.05) is 7.05 Å². The molecule has 2 aromatic heterocycles. The lowest BCUT2D eigenvalue weighted by atomic mass is 10.2. The van der Waals surface area contributed by atoms with E-state index in [2.05, 4.69) is 17.0 Å². The molecule has 0 fully saturated rings. The minimum atomic E-state index is -0.304. The van der Waals surface area contributed by atoms with Crippen molar-refractivity contribution in [2.24, 2.45) is 7.05 Å². The van der Waals surface area contributed by atoms with Gasteiger partial charge in [0.05, 0.1) is 17.3 Å². The number of rotatable bonds is 4. The highest BCUT2D eigenvalue weighted by atomic mass is 35.5. The molecule has 0 aliphatic rings. The van der Waals surface area contributed by atoms with Gasteiger partial charge in [-0.15, -0.1) is 11.6 Å². The molecule has 4 nitrogen and oxygen atoms in total. The van der Waals surface area contributed by atoms with E-state index in [1.165, 1.54) is 6.07 Å².